The van der Waals surface area contributed by atoms with Crippen LogP contribution in [0, 0.1) is 0 Å². The predicted octanol–water partition coefficient (Wildman–Crippen LogP) is 3.19. The number of carbonyl (C=O) groups excluding carboxylic acids is 2. The normalized spacial score (nSPS) is 16.4. The molecule has 10 nitrogen and oxygen atoms in total. The molecule has 3 aromatic rings. The standard InChI is InChI=1S/C23H22N4O6S/c1-30-16-6-3-7-17(31-2)19(16)22(29)27-10-4-5-14(27)20(28)24-23-26-25-21(34-23)13-8-9-15-18(11-13)33-12-32-15/h3,6-9,11,14H,4-5,10,12H2,1-2H3,(H,24,26,28). The Morgan fingerprint density at radius 3 is 2.62 bits per heavy atom. The Morgan fingerprint density at radius 1 is 1.09 bits per heavy atom. The molecular weight excluding hydrogens is 460 g/mol. The van der Waals surface area contributed by atoms with Gasteiger partial charge in [-0.25, -0.2) is 0 Å². The van der Waals surface area contributed by atoms with Crippen molar-refractivity contribution in [2.24, 2.45) is 0 Å². The lowest BCUT2D eigenvalue weighted by Crippen LogP contribution is -2.43. The molecule has 176 valence electrons. The molecule has 3 heterocycles. The number of anilines is 1. The molecule has 1 fully saturated rings. The summed E-state index contributed by atoms with van der Waals surface area (Å²) in [7, 11) is 2.99. The van der Waals surface area contributed by atoms with Crippen LogP contribution in [0.5, 0.6) is 23.0 Å². The molecule has 0 spiro atoms. The fraction of sp³-hybridized carbons (Fsp3) is 0.304. The van der Waals surface area contributed by atoms with E-state index in [2.05, 4.69) is 15.5 Å². The third-order valence-corrected chi connectivity index (χ3v) is 6.62. The zero-order valence-electron chi connectivity index (χ0n) is 18.6. The van der Waals surface area contributed by atoms with E-state index in [4.69, 9.17) is 18.9 Å². The van der Waals surface area contributed by atoms with Crippen molar-refractivity contribution < 1.29 is 28.5 Å². The smallest absolute Gasteiger partial charge is 0.262 e. The summed E-state index contributed by atoms with van der Waals surface area (Å²) < 4.78 is 21.5. The van der Waals surface area contributed by atoms with Crippen molar-refractivity contribution in [3.05, 3.63) is 42.0 Å². The van der Waals surface area contributed by atoms with E-state index in [1.54, 1.807) is 23.1 Å². The lowest BCUT2D eigenvalue weighted by molar-refractivity contribution is -0.119. The number of aromatic nitrogens is 2. The molecule has 0 aliphatic carbocycles. The molecule has 1 N–H and O–H groups in total. The van der Waals surface area contributed by atoms with Gasteiger partial charge in [0, 0.05) is 12.1 Å². The van der Waals surface area contributed by atoms with Gasteiger partial charge in [0.25, 0.3) is 5.91 Å². The highest BCUT2D eigenvalue weighted by atomic mass is 32.1. The van der Waals surface area contributed by atoms with E-state index in [9.17, 15) is 9.59 Å². The van der Waals surface area contributed by atoms with E-state index in [1.165, 1.54) is 25.6 Å². The second-order valence-corrected chi connectivity index (χ2v) is 8.64. The number of benzene rings is 2. The van der Waals surface area contributed by atoms with Gasteiger partial charge in [0.1, 0.15) is 28.1 Å². The third-order valence-electron chi connectivity index (χ3n) is 5.73. The number of rotatable bonds is 6. The highest BCUT2D eigenvalue weighted by Crippen LogP contribution is 2.37. The van der Waals surface area contributed by atoms with Crippen molar-refractivity contribution in [2.75, 3.05) is 32.9 Å². The minimum absolute atomic E-state index is 0.188. The van der Waals surface area contributed by atoms with Crippen LogP contribution in [-0.4, -0.2) is 60.5 Å². The Balaban J connectivity index is 1.32. The molecule has 11 heteroatoms. The van der Waals surface area contributed by atoms with Crippen LogP contribution in [0.3, 0.4) is 0 Å². The molecule has 0 bridgehead atoms. The average molecular weight is 483 g/mol. The summed E-state index contributed by atoms with van der Waals surface area (Å²) in [5.41, 5.74) is 1.11. The van der Waals surface area contributed by atoms with Crippen molar-refractivity contribution >= 4 is 28.3 Å². The van der Waals surface area contributed by atoms with Crippen molar-refractivity contribution in [2.45, 2.75) is 18.9 Å². The number of hydrogen-bond donors (Lipinski definition) is 1. The van der Waals surface area contributed by atoms with Crippen molar-refractivity contribution in [1.82, 2.24) is 15.1 Å². The largest absolute Gasteiger partial charge is 0.496 e. The maximum Gasteiger partial charge on any atom is 0.262 e. The van der Waals surface area contributed by atoms with Gasteiger partial charge in [-0.05, 0) is 43.2 Å². The Hall–Kier alpha value is -3.86. The molecule has 2 aliphatic heterocycles. The molecule has 0 radical (unpaired) electrons. The molecule has 2 amide bonds. The molecule has 0 saturated carbocycles. The number of carbonyl (C=O) groups is 2. The number of ether oxygens (including phenoxy) is 4. The molecule has 1 aromatic heterocycles. The first-order valence-corrected chi connectivity index (χ1v) is 11.5. The number of likely N-dealkylation sites (tertiary alicyclic amines) is 1. The van der Waals surface area contributed by atoms with Crippen LogP contribution < -0.4 is 24.3 Å². The van der Waals surface area contributed by atoms with Gasteiger partial charge in [0.2, 0.25) is 17.8 Å². The topological polar surface area (TPSA) is 112 Å². The molecule has 34 heavy (non-hydrogen) atoms. The number of methoxy groups -OCH3 is 2. The Bertz CT molecular complexity index is 1220. The van der Waals surface area contributed by atoms with E-state index in [0.717, 1.165) is 5.56 Å². The third kappa shape index (κ3) is 3.98. The van der Waals surface area contributed by atoms with Crippen LogP contribution >= 0.6 is 11.3 Å². The van der Waals surface area contributed by atoms with Crippen molar-refractivity contribution in [3.8, 4) is 33.6 Å². The highest BCUT2D eigenvalue weighted by molar-refractivity contribution is 7.18. The van der Waals surface area contributed by atoms with Gasteiger partial charge in [-0.15, -0.1) is 10.2 Å². The zero-order valence-corrected chi connectivity index (χ0v) is 19.4. The lowest BCUT2D eigenvalue weighted by Gasteiger charge is -2.25. The number of hydrogen-bond acceptors (Lipinski definition) is 9. The second kappa shape index (κ2) is 9.18. The fourth-order valence-electron chi connectivity index (χ4n) is 4.10. The highest BCUT2D eigenvalue weighted by Gasteiger charge is 2.37. The van der Waals surface area contributed by atoms with Gasteiger partial charge in [-0.1, -0.05) is 17.4 Å². The first-order valence-electron chi connectivity index (χ1n) is 10.7. The summed E-state index contributed by atoms with van der Waals surface area (Å²) in [5, 5.41) is 12.1. The van der Waals surface area contributed by atoms with Crippen molar-refractivity contribution in [3.63, 3.8) is 0 Å². The number of nitrogens with zero attached hydrogens (tertiary/aromatic N) is 3. The van der Waals surface area contributed by atoms with Gasteiger partial charge in [-0.3, -0.25) is 14.9 Å². The molecular formula is C23H22N4O6S. The average Bonchev–Trinajstić information content (AvgIpc) is 3.63. The summed E-state index contributed by atoms with van der Waals surface area (Å²) in [6.45, 7) is 0.643. The Morgan fingerprint density at radius 2 is 1.85 bits per heavy atom. The summed E-state index contributed by atoms with van der Waals surface area (Å²) in [6, 6.07) is 9.99. The van der Waals surface area contributed by atoms with Crippen LogP contribution in [0.4, 0.5) is 5.13 Å². The summed E-state index contributed by atoms with van der Waals surface area (Å²) >= 11 is 1.24. The first kappa shape index (κ1) is 22.0. The van der Waals surface area contributed by atoms with E-state index in [-0.39, 0.29) is 18.6 Å². The molecule has 5 rings (SSSR count). The zero-order chi connectivity index (χ0) is 23.7. The maximum absolute atomic E-state index is 13.4. The van der Waals surface area contributed by atoms with E-state index in [0.29, 0.717) is 58.1 Å². The minimum Gasteiger partial charge on any atom is -0.496 e. The van der Waals surface area contributed by atoms with Gasteiger partial charge in [-0.2, -0.15) is 0 Å². The van der Waals surface area contributed by atoms with Gasteiger partial charge >= 0.3 is 0 Å². The lowest BCUT2D eigenvalue weighted by atomic mass is 10.1. The van der Waals surface area contributed by atoms with Crippen LogP contribution in [-0.2, 0) is 4.79 Å². The summed E-state index contributed by atoms with van der Waals surface area (Å²) in [4.78, 5) is 28.0. The SMILES string of the molecule is COc1cccc(OC)c1C(=O)N1CCCC1C(=O)Nc1nnc(-c2ccc3c(c2)OCO3)s1. The maximum atomic E-state index is 13.4. The monoisotopic (exact) mass is 482 g/mol. The predicted molar refractivity (Wildman–Crippen MR) is 124 cm³/mol. The first-order chi connectivity index (χ1) is 16.6. The van der Waals surface area contributed by atoms with Crippen LogP contribution in [0.2, 0.25) is 0 Å². The van der Waals surface area contributed by atoms with E-state index < -0.39 is 6.04 Å². The van der Waals surface area contributed by atoms with Gasteiger partial charge in [0.05, 0.1) is 14.2 Å². The van der Waals surface area contributed by atoms with Crippen LogP contribution in [0.25, 0.3) is 10.6 Å². The molecule has 1 atom stereocenters. The van der Waals surface area contributed by atoms with E-state index in [1.807, 2.05) is 18.2 Å². The van der Waals surface area contributed by atoms with E-state index >= 15 is 0 Å². The second-order valence-electron chi connectivity index (χ2n) is 7.66. The Kier molecular flexibility index (Phi) is 5.93. The van der Waals surface area contributed by atoms with Crippen LogP contribution in [0.1, 0.15) is 23.2 Å². The summed E-state index contributed by atoms with van der Waals surface area (Å²) in [6.07, 6.45) is 1.25. The summed E-state index contributed by atoms with van der Waals surface area (Å²) in [5.74, 6) is 1.49. The number of amides is 2. The fourth-order valence-corrected chi connectivity index (χ4v) is 4.84. The van der Waals surface area contributed by atoms with Gasteiger partial charge < -0.3 is 23.8 Å². The number of fused-ring (bicyclic) bond motifs is 1. The molecule has 1 unspecified atom stereocenters. The molecule has 1 saturated heterocycles. The van der Waals surface area contributed by atoms with Gasteiger partial charge in [0.15, 0.2) is 11.5 Å². The molecule has 2 aromatic carbocycles. The molecule has 2 aliphatic rings. The quantitative estimate of drug-likeness (QED) is 0.570. The van der Waals surface area contributed by atoms with Crippen molar-refractivity contribution in [1.29, 1.82) is 0 Å². The van der Waals surface area contributed by atoms with Crippen LogP contribution in [0.15, 0.2) is 36.4 Å². The Labute approximate surface area is 199 Å². The number of nitrogens with one attached hydrogen (secondary N) is 1. The minimum atomic E-state index is -0.639.